The van der Waals surface area contributed by atoms with Crippen LogP contribution < -0.4 is 14.8 Å². The van der Waals surface area contributed by atoms with Crippen LogP contribution in [0.3, 0.4) is 0 Å². The van der Waals surface area contributed by atoms with Gasteiger partial charge in [0, 0.05) is 42.2 Å². The number of rotatable bonds is 7. The first-order valence-electron chi connectivity index (χ1n) is 7.11. The standard InChI is InChI=1S/C17H22N2O2/c1-13(2)19-11-15-6-7-16(20-3)9-17(15)21-12-14-5-4-8-18-10-14/h4-10,13,19H,11-12H2,1-3H3. The van der Waals surface area contributed by atoms with Crippen LogP contribution in [0.4, 0.5) is 0 Å². The highest BCUT2D eigenvalue weighted by molar-refractivity contribution is 5.40. The SMILES string of the molecule is COc1ccc(CNC(C)C)c(OCc2cccnc2)c1. The number of nitrogens with zero attached hydrogens (tertiary/aromatic N) is 1. The Morgan fingerprint density at radius 2 is 2.10 bits per heavy atom. The third-order valence-electron chi connectivity index (χ3n) is 3.09. The van der Waals surface area contributed by atoms with Gasteiger partial charge in [-0.1, -0.05) is 26.0 Å². The van der Waals surface area contributed by atoms with Gasteiger partial charge in [-0.3, -0.25) is 4.98 Å². The molecule has 2 rings (SSSR count). The molecule has 0 saturated heterocycles. The van der Waals surface area contributed by atoms with E-state index in [1.165, 1.54) is 0 Å². The Kier molecular flexibility index (Phi) is 5.58. The Hall–Kier alpha value is -2.07. The summed E-state index contributed by atoms with van der Waals surface area (Å²) in [5, 5.41) is 3.40. The normalized spacial score (nSPS) is 10.7. The second-order valence-electron chi connectivity index (χ2n) is 5.16. The fraction of sp³-hybridized carbons (Fsp3) is 0.353. The molecule has 1 heterocycles. The average molecular weight is 286 g/mol. The lowest BCUT2D eigenvalue weighted by atomic mass is 10.1. The molecule has 1 N–H and O–H groups in total. The molecular formula is C17H22N2O2. The van der Waals surface area contributed by atoms with Crippen LogP contribution in [0, 0.1) is 0 Å². The van der Waals surface area contributed by atoms with E-state index in [1.54, 1.807) is 13.3 Å². The zero-order valence-electron chi connectivity index (χ0n) is 12.8. The van der Waals surface area contributed by atoms with Gasteiger partial charge in [-0.15, -0.1) is 0 Å². The van der Waals surface area contributed by atoms with Crippen LogP contribution in [-0.4, -0.2) is 18.1 Å². The first-order chi connectivity index (χ1) is 10.2. The number of benzene rings is 1. The fourth-order valence-electron chi connectivity index (χ4n) is 1.90. The van der Waals surface area contributed by atoms with Gasteiger partial charge in [0.25, 0.3) is 0 Å². The summed E-state index contributed by atoms with van der Waals surface area (Å²) in [5.74, 6) is 1.64. The van der Waals surface area contributed by atoms with E-state index in [2.05, 4.69) is 24.1 Å². The van der Waals surface area contributed by atoms with Crippen LogP contribution in [0.1, 0.15) is 25.0 Å². The number of hydrogen-bond donors (Lipinski definition) is 1. The maximum absolute atomic E-state index is 5.94. The summed E-state index contributed by atoms with van der Waals surface area (Å²) in [6.07, 6.45) is 3.57. The number of ether oxygens (including phenoxy) is 2. The largest absolute Gasteiger partial charge is 0.497 e. The van der Waals surface area contributed by atoms with E-state index >= 15 is 0 Å². The maximum atomic E-state index is 5.94. The first-order valence-corrected chi connectivity index (χ1v) is 7.11. The minimum atomic E-state index is 0.429. The summed E-state index contributed by atoms with van der Waals surface area (Å²) in [5.41, 5.74) is 2.16. The van der Waals surface area contributed by atoms with Crippen molar-refractivity contribution in [1.29, 1.82) is 0 Å². The van der Waals surface area contributed by atoms with Crippen molar-refractivity contribution in [3.8, 4) is 11.5 Å². The molecule has 0 bridgehead atoms. The van der Waals surface area contributed by atoms with E-state index in [0.717, 1.165) is 29.2 Å². The molecule has 0 spiro atoms. The highest BCUT2D eigenvalue weighted by Gasteiger charge is 2.07. The van der Waals surface area contributed by atoms with E-state index in [1.807, 2.05) is 36.5 Å². The van der Waals surface area contributed by atoms with Crippen molar-refractivity contribution in [3.63, 3.8) is 0 Å². The average Bonchev–Trinajstić information content (AvgIpc) is 2.52. The van der Waals surface area contributed by atoms with E-state index in [9.17, 15) is 0 Å². The zero-order valence-corrected chi connectivity index (χ0v) is 12.8. The predicted octanol–water partition coefficient (Wildman–Crippen LogP) is 3.17. The molecule has 0 saturated carbocycles. The Morgan fingerprint density at radius 1 is 1.24 bits per heavy atom. The number of pyridine rings is 1. The minimum Gasteiger partial charge on any atom is -0.497 e. The van der Waals surface area contributed by atoms with Crippen molar-refractivity contribution in [2.45, 2.75) is 33.0 Å². The van der Waals surface area contributed by atoms with Crippen molar-refractivity contribution < 1.29 is 9.47 Å². The molecule has 1 aromatic heterocycles. The molecule has 2 aromatic rings. The smallest absolute Gasteiger partial charge is 0.127 e. The number of hydrogen-bond acceptors (Lipinski definition) is 4. The van der Waals surface area contributed by atoms with Gasteiger partial charge in [-0.2, -0.15) is 0 Å². The molecule has 1 aromatic carbocycles. The van der Waals surface area contributed by atoms with Crippen LogP contribution in [0.2, 0.25) is 0 Å². The van der Waals surface area contributed by atoms with Crippen LogP contribution in [-0.2, 0) is 13.2 Å². The minimum absolute atomic E-state index is 0.429. The molecule has 0 amide bonds. The number of nitrogens with one attached hydrogen (secondary N) is 1. The Bertz CT molecular complexity index is 556. The molecule has 0 radical (unpaired) electrons. The Labute approximate surface area is 126 Å². The summed E-state index contributed by atoms with van der Waals surface area (Å²) < 4.78 is 11.2. The van der Waals surface area contributed by atoms with Gasteiger partial charge in [0.2, 0.25) is 0 Å². The fourth-order valence-corrected chi connectivity index (χ4v) is 1.90. The summed E-state index contributed by atoms with van der Waals surface area (Å²) in [6, 6.07) is 10.2. The third-order valence-corrected chi connectivity index (χ3v) is 3.09. The Morgan fingerprint density at radius 3 is 2.76 bits per heavy atom. The number of methoxy groups -OCH3 is 1. The van der Waals surface area contributed by atoms with Gasteiger partial charge >= 0.3 is 0 Å². The maximum Gasteiger partial charge on any atom is 0.127 e. The summed E-state index contributed by atoms with van der Waals surface area (Å²) in [4.78, 5) is 4.10. The van der Waals surface area contributed by atoms with Crippen molar-refractivity contribution >= 4 is 0 Å². The molecule has 0 aliphatic carbocycles. The number of aromatic nitrogens is 1. The van der Waals surface area contributed by atoms with E-state index in [-0.39, 0.29) is 0 Å². The van der Waals surface area contributed by atoms with Crippen molar-refractivity contribution in [1.82, 2.24) is 10.3 Å². The second kappa shape index (κ2) is 7.64. The predicted molar refractivity (Wildman–Crippen MR) is 83.5 cm³/mol. The van der Waals surface area contributed by atoms with Crippen molar-refractivity contribution in [3.05, 3.63) is 53.9 Å². The lowest BCUT2D eigenvalue weighted by Crippen LogP contribution is -2.22. The van der Waals surface area contributed by atoms with E-state index in [4.69, 9.17) is 9.47 Å². The molecule has 0 aliphatic rings. The van der Waals surface area contributed by atoms with Gasteiger partial charge in [-0.25, -0.2) is 0 Å². The molecule has 112 valence electrons. The lowest BCUT2D eigenvalue weighted by molar-refractivity contribution is 0.298. The van der Waals surface area contributed by atoms with Gasteiger partial charge in [0.15, 0.2) is 0 Å². The van der Waals surface area contributed by atoms with Crippen molar-refractivity contribution in [2.24, 2.45) is 0 Å². The highest BCUT2D eigenvalue weighted by Crippen LogP contribution is 2.25. The summed E-state index contributed by atoms with van der Waals surface area (Å²) in [6.45, 7) is 5.51. The quantitative estimate of drug-likeness (QED) is 0.849. The van der Waals surface area contributed by atoms with Crippen LogP contribution in [0.25, 0.3) is 0 Å². The van der Waals surface area contributed by atoms with Gasteiger partial charge < -0.3 is 14.8 Å². The molecule has 0 fully saturated rings. The van der Waals surface area contributed by atoms with Gasteiger partial charge in [0.1, 0.15) is 18.1 Å². The molecular weight excluding hydrogens is 264 g/mol. The van der Waals surface area contributed by atoms with Crippen molar-refractivity contribution in [2.75, 3.05) is 7.11 Å². The monoisotopic (exact) mass is 286 g/mol. The second-order valence-corrected chi connectivity index (χ2v) is 5.16. The molecule has 4 nitrogen and oxygen atoms in total. The molecule has 4 heteroatoms. The third kappa shape index (κ3) is 4.76. The van der Waals surface area contributed by atoms with E-state index < -0.39 is 0 Å². The van der Waals surface area contributed by atoms with E-state index in [0.29, 0.717) is 12.6 Å². The first kappa shape index (κ1) is 15.3. The molecule has 0 unspecified atom stereocenters. The summed E-state index contributed by atoms with van der Waals surface area (Å²) in [7, 11) is 1.66. The van der Waals surface area contributed by atoms with Gasteiger partial charge in [0.05, 0.1) is 7.11 Å². The zero-order chi connectivity index (χ0) is 15.1. The van der Waals surface area contributed by atoms with Crippen LogP contribution in [0.15, 0.2) is 42.7 Å². The summed E-state index contributed by atoms with van der Waals surface area (Å²) >= 11 is 0. The van der Waals surface area contributed by atoms with Crippen LogP contribution in [0.5, 0.6) is 11.5 Å². The molecule has 0 atom stereocenters. The molecule has 0 aliphatic heterocycles. The lowest BCUT2D eigenvalue weighted by Gasteiger charge is -2.15. The topological polar surface area (TPSA) is 43.4 Å². The van der Waals surface area contributed by atoms with Gasteiger partial charge in [-0.05, 0) is 12.1 Å². The highest BCUT2D eigenvalue weighted by atomic mass is 16.5. The molecule has 21 heavy (non-hydrogen) atoms. The Balaban J connectivity index is 2.10. The van der Waals surface area contributed by atoms with Crippen LogP contribution >= 0.6 is 0 Å².